The fraction of sp³-hybridized carbons (Fsp3) is 0.273. The average molecular weight is 378 g/mol. The van der Waals surface area contributed by atoms with Gasteiger partial charge in [-0.25, -0.2) is 4.79 Å². The van der Waals surface area contributed by atoms with E-state index in [0.717, 1.165) is 51.9 Å². The maximum Gasteiger partial charge on any atom is 0.511 e. The molecule has 0 spiro atoms. The van der Waals surface area contributed by atoms with E-state index in [4.69, 9.17) is 9.84 Å². The normalized spacial score (nSPS) is 13.5. The van der Waals surface area contributed by atoms with Gasteiger partial charge in [0, 0.05) is 18.9 Å². The Morgan fingerprint density at radius 1 is 1.21 bits per heavy atom. The molecule has 3 aromatic rings. The number of ether oxygens (including phenoxy) is 1. The van der Waals surface area contributed by atoms with Gasteiger partial charge < -0.3 is 15.2 Å². The van der Waals surface area contributed by atoms with E-state index in [2.05, 4.69) is 24.4 Å². The summed E-state index contributed by atoms with van der Waals surface area (Å²) in [4.78, 5) is 23.7. The monoisotopic (exact) mass is 378 g/mol. The summed E-state index contributed by atoms with van der Waals surface area (Å²) in [5, 5.41) is 12.1. The van der Waals surface area contributed by atoms with E-state index in [9.17, 15) is 9.59 Å². The molecule has 0 unspecified atom stereocenters. The lowest BCUT2D eigenvalue weighted by molar-refractivity contribution is 0.143. The fourth-order valence-electron chi connectivity index (χ4n) is 3.87. The summed E-state index contributed by atoms with van der Waals surface area (Å²) in [6.07, 6.45) is 2.29. The smallest absolute Gasteiger partial charge is 0.449 e. The van der Waals surface area contributed by atoms with Gasteiger partial charge in [-0.15, -0.1) is 0 Å². The number of hydrogen-bond acceptors (Lipinski definition) is 4. The summed E-state index contributed by atoms with van der Waals surface area (Å²) in [6.45, 7) is 4.07. The van der Waals surface area contributed by atoms with Crippen molar-refractivity contribution in [3.8, 4) is 16.9 Å². The number of hydrogen-bond donors (Lipinski definition) is 2. The highest BCUT2D eigenvalue weighted by molar-refractivity contribution is 5.79. The summed E-state index contributed by atoms with van der Waals surface area (Å²) in [5.74, 6) is 0.183. The maximum atomic E-state index is 12.8. The number of benzene rings is 1. The molecular formula is C22H22N2O4. The molecule has 0 radical (unpaired) electrons. The van der Waals surface area contributed by atoms with Crippen LogP contribution >= 0.6 is 0 Å². The number of nitrogens with zero attached hydrogens (tertiary/aromatic N) is 1. The summed E-state index contributed by atoms with van der Waals surface area (Å²) in [5.41, 5.74) is 6.71. The fourth-order valence-corrected chi connectivity index (χ4v) is 3.87. The van der Waals surface area contributed by atoms with E-state index in [1.165, 1.54) is 4.40 Å². The molecule has 1 aliphatic rings. The van der Waals surface area contributed by atoms with Crippen molar-refractivity contribution in [2.45, 2.75) is 32.6 Å². The molecule has 0 amide bonds. The molecular weight excluding hydrogens is 356 g/mol. The summed E-state index contributed by atoms with van der Waals surface area (Å²) in [7, 11) is 1.90. The van der Waals surface area contributed by atoms with E-state index in [-0.39, 0.29) is 5.75 Å². The van der Waals surface area contributed by atoms with Crippen LogP contribution in [0.5, 0.6) is 5.75 Å². The standard InChI is InChI=1S/C22H22N2O4/c1-12-10-15(6-7-18(12)23-3)16-8-9-24-20(13(16)2)17(14-4-5-14)11-19(21(24)25)28-22(26)27/h6-11,14,23H,4-5H2,1-3H3,(H,26,27). The molecule has 1 aliphatic carbocycles. The molecule has 0 bridgehead atoms. The van der Waals surface area contributed by atoms with Crippen molar-refractivity contribution in [1.82, 2.24) is 4.40 Å². The topological polar surface area (TPSA) is 80.0 Å². The lowest BCUT2D eigenvalue weighted by Gasteiger charge is -2.16. The van der Waals surface area contributed by atoms with Gasteiger partial charge in [-0.1, -0.05) is 6.07 Å². The van der Waals surface area contributed by atoms with Crippen LogP contribution in [0, 0.1) is 13.8 Å². The van der Waals surface area contributed by atoms with Crippen LogP contribution in [0.2, 0.25) is 0 Å². The minimum Gasteiger partial charge on any atom is -0.449 e. The Kier molecular flexibility index (Phi) is 4.34. The Balaban J connectivity index is 1.96. The van der Waals surface area contributed by atoms with Crippen LogP contribution in [0.15, 0.2) is 41.3 Å². The van der Waals surface area contributed by atoms with Crippen molar-refractivity contribution in [3.63, 3.8) is 0 Å². The second kappa shape index (κ2) is 6.71. The van der Waals surface area contributed by atoms with Crippen LogP contribution in [0.25, 0.3) is 16.6 Å². The predicted molar refractivity (Wildman–Crippen MR) is 109 cm³/mol. The maximum absolute atomic E-state index is 12.8. The summed E-state index contributed by atoms with van der Waals surface area (Å²) in [6, 6.07) is 9.75. The second-order valence-electron chi connectivity index (χ2n) is 7.26. The SMILES string of the molecule is CNc1ccc(-c2ccn3c(=O)c(OC(=O)O)cc(C4CC4)c3c2C)cc1C. The third-order valence-electron chi connectivity index (χ3n) is 5.40. The van der Waals surface area contributed by atoms with Crippen LogP contribution < -0.4 is 15.6 Å². The number of fused-ring (bicyclic) bond motifs is 1. The van der Waals surface area contributed by atoms with E-state index in [1.54, 1.807) is 12.3 Å². The number of aromatic nitrogens is 1. The molecule has 0 saturated heterocycles. The van der Waals surface area contributed by atoms with Crippen molar-refractivity contribution in [2.75, 3.05) is 12.4 Å². The number of pyridine rings is 2. The van der Waals surface area contributed by atoms with Gasteiger partial charge in [0.2, 0.25) is 0 Å². The first-order valence-corrected chi connectivity index (χ1v) is 9.29. The molecule has 1 saturated carbocycles. The Bertz CT molecular complexity index is 1160. The van der Waals surface area contributed by atoms with Crippen LogP contribution in [0.4, 0.5) is 10.5 Å². The van der Waals surface area contributed by atoms with Crippen molar-refractivity contribution in [2.24, 2.45) is 0 Å². The van der Waals surface area contributed by atoms with Crippen molar-refractivity contribution in [3.05, 3.63) is 63.6 Å². The Hall–Kier alpha value is -3.28. The van der Waals surface area contributed by atoms with Crippen molar-refractivity contribution in [1.29, 1.82) is 0 Å². The highest BCUT2D eigenvalue weighted by atomic mass is 16.7. The molecule has 144 valence electrons. The van der Waals surface area contributed by atoms with E-state index in [1.807, 2.05) is 26.1 Å². The average Bonchev–Trinajstić information content (AvgIpc) is 3.49. The Labute approximate surface area is 162 Å². The third-order valence-corrected chi connectivity index (χ3v) is 5.40. The first-order chi connectivity index (χ1) is 13.4. The molecule has 1 fully saturated rings. The molecule has 1 aromatic carbocycles. The molecule has 4 rings (SSSR count). The first kappa shape index (κ1) is 18.1. The number of carbonyl (C=O) groups is 1. The quantitative estimate of drug-likeness (QED) is 0.651. The van der Waals surface area contributed by atoms with Crippen LogP contribution in [0.3, 0.4) is 0 Å². The van der Waals surface area contributed by atoms with E-state index in [0.29, 0.717) is 5.92 Å². The van der Waals surface area contributed by atoms with Crippen LogP contribution in [-0.4, -0.2) is 22.7 Å². The zero-order valence-corrected chi connectivity index (χ0v) is 16.1. The Morgan fingerprint density at radius 2 is 1.96 bits per heavy atom. The largest absolute Gasteiger partial charge is 0.511 e. The number of carboxylic acid groups (broad SMARTS) is 1. The van der Waals surface area contributed by atoms with Crippen molar-refractivity contribution < 1.29 is 14.6 Å². The van der Waals surface area contributed by atoms with Gasteiger partial charge >= 0.3 is 6.16 Å². The highest BCUT2D eigenvalue weighted by Gasteiger charge is 2.29. The van der Waals surface area contributed by atoms with Gasteiger partial charge in [-0.2, -0.15) is 0 Å². The molecule has 2 heterocycles. The summed E-state index contributed by atoms with van der Waals surface area (Å²) >= 11 is 0. The molecule has 2 aromatic heterocycles. The minimum absolute atomic E-state index is 0.145. The number of aryl methyl sites for hydroxylation is 2. The third kappa shape index (κ3) is 3.01. The van der Waals surface area contributed by atoms with Crippen LogP contribution in [0.1, 0.15) is 35.4 Å². The van der Waals surface area contributed by atoms with E-state index < -0.39 is 11.7 Å². The zero-order valence-electron chi connectivity index (χ0n) is 16.1. The minimum atomic E-state index is -1.48. The molecule has 0 atom stereocenters. The van der Waals surface area contributed by atoms with Crippen LogP contribution in [-0.2, 0) is 0 Å². The molecule has 6 heteroatoms. The molecule has 0 aliphatic heterocycles. The van der Waals surface area contributed by atoms with Gasteiger partial charge in [-0.05, 0) is 84.7 Å². The highest BCUT2D eigenvalue weighted by Crippen LogP contribution is 2.44. The van der Waals surface area contributed by atoms with Gasteiger partial charge in [0.1, 0.15) is 0 Å². The lowest BCUT2D eigenvalue weighted by Crippen LogP contribution is -2.20. The van der Waals surface area contributed by atoms with Gasteiger partial charge in [0.05, 0.1) is 5.52 Å². The summed E-state index contributed by atoms with van der Waals surface area (Å²) < 4.78 is 6.26. The first-order valence-electron chi connectivity index (χ1n) is 9.29. The van der Waals surface area contributed by atoms with Gasteiger partial charge in [-0.3, -0.25) is 9.20 Å². The predicted octanol–water partition coefficient (Wildman–Crippen LogP) is 4.56. The molecule has 2 N–H and O–H groups in total. The van der Waals surface area contributed by atoms with Crippen molar-refractivity contribution >= 4 is 17.4 Å². The zero-order chi connectivity index (χ0) is 20.0. The van der Waals surface area contributed by atoms with Gasteiger partial charge in [0.25, 0.3) is 5.56 Å². The molecule has 6 nitrogen and oxygen atoms in total. The Morgan fingerprint density at radius 3 is 2.57 bits per heavy atom. The number of nitrogens with one attached hydrogen (secondary N) is 1. The number of anilines is 1. The van der Waals surface area contributed by atoms with Gasteiger partial charge in [0.15, 0.2) is 5.75 Å². The molecule has 28 heavy (non-hydrogen) atoms. The lowest BCUT2D eigenvalue weighted by atomic mass is 9.96. The number of rotatable bonds is 4. The second-order valence-corrected chi connectivity index (χ2v) is 7.26. The van der Waals surface area contributed by atoms with E-state index >= 15 is 0 Å².